The quantitative estimate of drug-likeness (QED) is 0.271. The Balaban J connectivity index is 1.69. The molecule has 0 saturated heterocycles. The first-order valence-electron chi connectivity index (χ1n) is 15.4. The molecule has 0 heterocycles. The van der Waals surface area contributed by atoms with E-state index in [4.69, 9.17) is 0 Å². The van der Waals surface area contributed by atoms with E-state index in [1.807, 2.05) is 70.2 Å². The number of carbonyl (C=O) groups is 2. The third kappa shape index (κ3) is 8.25. The molecule has 0 bridgehead atoms. The molecule has 0 aromatic heterocycles. The number of aryl methyl sites for hydroxylation is 3. The lowest BCUT2D eigenvalue weighted by Crippen LogP contribution is -2.54. The monoisotopic (exact) mass is 603 g/mol. The summed E-state index contributed by atoms with van der Waals surface area (Å²) in [7, 11) is -4.09. The molecular weight excluding hydrogens is 558 g/mol. The lowest BCUT2D eigenvalue weighted by Gasteiger charge is -2.34. The topological polar surface area (TPSA) is 86.8 Å². The largest absolute Gasteiger partial charge is 0.352 e. The molecule has 3 aromatic carbocycles. The molecule has 1 atom stereocenters. The molecule has 4 rings (SSSR count). The summed E-state index contributed by atoms with van der Waals surface area (Å²) in [6.07, 6.45) is 6.20. The summed E-state index contributed by atoms with van der Waals surface area (Å²) in [5.41, 5.74) is 4.18. The summed E-state index contributed by atoms with van der Waals surface area (Å²) in [5, 5.41) is 3.20. The highest BCUT2D eigenvalue weighted by atomic mass is 32.2. The second-order valence-electron chi connectivity index (χ2n) is 11.7. The fraction of sp³-hybridized carbons (Fsp3) is 0.429. The molecule has 43 heavy (non-hydrogen) atoms. The van der Waals surface area contributed by atoms with Gasteiger partial charge in [0.2, 0.25) is 11.8 Å². The van der Waals surface area contributed by atoms with Crippen LogP contribution in [0.15, 0.2) is 77.7 Å². The van der Waals surface area contributed by atoms with Crippen molar-refractivity contribution in [3.63, 3.8) is 0 Å². The van der Waals surface area contributed by atoms with E-state index in [9.17, 15) is 18.0 Å². The van der Waals surface area contributed by atoms with E-state index >= 15 is 0 Å². The van der Waals surface area contributed by atoms with Crippen LogP contribution in [0.25, 0.3) is 0 Å². The van der Waals surface area contributed by atoms with Crippen LogP contribution in [-0.4, -0.2) is 50.3 Å². The van der Waals surface area contributed by atoms with Crippen LogP contribution in [0.5, 0.6) is 0 Å². The molecule has 0 radical (unpaired) electrons. The van der Waals surface area contributed by atoms with E-state index in [2.05, 4.69) is 5.32 Å². The van der Waals surface area contributed by atoms with Crippen molar-refractivity contribution in [2.75, 3.05) is 17.4 Å². The lowest BCUT2D eigenvalue weighted by molar-refractivity contribution is -0.140. The van der Waals surface area contributed by atoms with Crippen molar-refractivity contribution in [2.45, 2.75) is 89.6 Å². The van der Waals surface area contributed by atoms with Gasteiger partial charge in [-0.2, -0.15) is 0 Å². The number of benzene rings is 3. The number of carbonyl (C=O) groups excluding carboxylic acids is 2. The van der Waals surface area contributed by atoms with E-state index in [1.165, 1.54) is 10.7 Å². The molecule has 0 aliphatic heterocycles. The van der Waals surface area contributed by atoms with E-state index in [-0.39, 0.29) is 16.8 Å². The molecule has 1 saturated carbocycles. The van der Waals surface area contributed by atoms with Gasteiger partial charge in [0, 0.05) is 12.6 Å². The van der Waals surface area contributed by atoms with Crippen LogP contribution in [-0.2, 0) is 26.0 Å². The van der Waals surface area contributed by atoms with Crippen molar-refractivity contribution < 1.29 is 18.0 Å². The highest BCUT2D eigenvalue weighted by molar-refractivity contribution is 7.92. The number of nitrogens with one attached hydrogen (secondary N) is 1. The number of nitrogens with zero attached hydrogens (tertiary/aromatic N) is 2. The fourth-order valence-corrected chi connectivity index (χ4v) is 7.35. The molecule has 0 unspecified atom stereocenters. The Morgan fingerprint density at radius 2 is 1.53 bits per heavy atom. The Bertz CT molecular complexity index is 1480. The van der Waals surface area contributed by atoms with Gasteiger partial charge in [0.1, 0.15) is 12.6 Å². The summed E-state index contributed by atoms with van der Waals surface area (Å²) in [4.78, 5) is 29.7. The second-order valence-corrected chi connectivity index (χ2v) is 13.6. The van der Waals surface area contributed by atoms with Crippen molar-refractivity contribution in [2.24, 2.45) is 0 Å². The first-order chi connectivity index (χ1) is 20.6. The minimum absolute atomic E-state index is 0.106. The minimum atomic E-state index is -4.09. The molecule has 0 spiro atoms. The van der Waals surface area contributed by atoms with Crippen LogP contribution in [0.2, 0.25) is 0 Å². The predicted octanol–water partition coefficient (Wildman–Crippen LogP) is 6.11. The third-order valence-electron chi connectivity index (χ3n) is 8.33. The Morgan fingerprint density at radius 3 is 2.16 bits per heavy atom. The van der Waals surface area contributed by atoms with Crippen molar-refractivity contribution in [1.29, 1.82) is 0 Å². The van der Waals surface area contributed by atoms with Gasteiger partial charge in [0.25, 0.3) is 10.0 Å². The van der Waals surface area contributed by atoms with Gasteiger partial charge < -0.3 is 10.2 Å². The van der Waals surface area contributed by atoms with Crippen LogP contribution in [0, 0.1) is 20.8 Å². The summed E-state index contributed by atoms with van der Waals surface area (Å²) in [6.45, 7) is 7.48. The molecule has 2 amide bonds. The highest BCUT2D eigenvalue weighted by Gasteiger charge is 2.34. The highest BCUT2D eigenvalue weighted by Crippen LogP contribution is 2.28. The fourth-order valence-electron chi connectivity index (χ4n) is 5.88. The predicted molar refractivity (Wildman–Crippen MR) is 173 cm³/mol. The van der Waals surface area contributed by atoms with Crippen molar-refractivity contribution >= 4 is 27.5 Å². The Labute approximate surface area is 257 Å². The Morgan fingerprint density at radius 1 is 0.884 bits per heavy atom. The standard InChI is InChI=1S/C35H45N3O4S/c1-5-32(35(40)36-30-14-10-7-11-15-30)37(23-22-29-12-8-6-9-13-29)34(39)25-38(33-21-18-27(3)24-28(33)4)43(41,42)31-19-16-26(2)17-20-31/h6,8-9,12-13,16-21,24,30,32H,5,7,10-11,14-15,22-23,25H2,1-4H3,(H,36,40)/t32-/m1/s1. The average Bonchev–Trinajstić information content (AvgIpc) is 2.99. The number of rotatable bonds is 12. The molecule has 1 aliphatic rings. The Kier molecular flexibility index (Phi) is 11.0. The molecule has 1 fully saturated rings. The van der Waals surface area contributed by atoms with Crippen molar-refractivity contribution in [1.82, 2.24) is 10.2 Å². The van der Waals surface area contributed by atoms with E-state index in [1.54, 1.807) is 35.2 Å². The molecule has 1 N–H and O–H groups in total. The van der Waals surface area contributed by atoms with Crippen molar-refractivity contribution in [3.05, 3.63) is 95.1 Å². The summed E-state index contributed by atoms with van der Waals surface area (Å²) >= 11 is 0. The molecule has 8 heteroatoms. The molecule has 1 aliphatic carbocycles. The number of hydrogen-bond donors (Lipinski definition) is 1. The lowest BCUT2D eigenvalue weighted by atomic mass is 9.95. The maximum absolute atomic E-state index is 14.3. The van der Waals surface area contributed by atoms with Crippen LogP contribution in [0.3, 0.4) is 0 Å². The molecule has 230 valence electrons. The number of anilines is 1. The zero-order chi connectivity index (χ0) is 31.0. The first-order valence-corrected chi connectivity index (χ1v) is 16.8. The van der Waals surface area contributed by atoms with Crippen LogP contribution in [0.4, 0.5) is 5.69 Å². The van der Waals surface area contributed by atoms with Gasteiger partial charge in [-0.1, -0.05) is 91.9 Å². The number of hydrogen-bond acceptors (Lipinski definition) is 4. The third-order valence-corrected chi connectivity index (χ3v) is 10.1. The van der Waals surface area contributed by atoms with E-state index in [0.29, 0.717) is 25.1 Å². The van der Waals surface area contributed by atoms with Gasteiger partial charge in [-0.25, -0.2) is 8.42 Å². The molecular formula is C35H45N3O4S. The van der Waals surface area contributed by atoms with Gasteiger partial charge in [-0.3, -0.25) is 13.9 Å². The van der Waals surface area contributed by atoms with Gasteiger partial charge in [-0.05, 0) is 75.8 Å². The molecule has 3 aromatic rings. The summed E-state index contributed by atoms with van der Waals surface area (Å²) in [5.74, 6) is -0.576. The smallest absolute Gasteiger partial charge is 0.264 e. The average molecular weight is 604 g/mol. The molecule has 7 nitrogen and oxygen atoms in total. The summed E-state index contributed by atoms with van der Waals surface area (Å²) < 4.78 is 29.5. The van der Waals surface area contributed by atoms with Crippen molar-refractivity contribution in [3.8, 4) is 0 Å². The number of amides is 2. The normalized spacial score (nSPS) is 14.6. The second kappa shape index (κ2) is 14.7. The van der Waals surface area contributed by atoms with E-state index < -0.39 is 28.5 Å². The SMILES string of the molecule is CC[C@H](C(=O)NC1CCCCC1)N(CCc1ccccc1)C(=O)CN(c1ccc(C)cc1C)S(=O)(=O)c1ccc(C)cc1. The van der Waals surface area contributed by atoms with Gasteiger partial charge in [-0.15, -0.1) is 0 Å². The zero-order valence-corrected chi connectivity index (χ0v) is 26.7. The van der Waals surface area contributed by atoms with Gasteiger partial charge >= 0.3 is 0 Å². The first kappa shape index (κ1) is 32.3. The van der Waals surface area contributed by atoms with Crippen LogP contribution < -0.4 is 9.62 Å². The number of sulfonamides is 1. The maximum Gasteiger partial charge on any atom is 0.264 e. The van der Waals surface area contributed by atoms with Crippen LogP contribution in [0.1, 0.15) is 67.7 Å². The Hall–Kier alpha value is -3.65. The minimum Gasteiger partial charge on any atom is -0.352 e. The summed E-state index contributed by atoms with van der Waals surface area (Å²) in [6, 6.07) is 21.4. The zero-order valence-electron chi connectivity index (χ0n) is 25.9. The van der Waals surface area contributed by atoms with E-state index in [0.717, 1.165) is 47.9 Å². The maximum atomic E-state index is 14.3. The van der Waals surface area contributed by atoms with Crippen LogP contribution >= 0.6 is 0 Å². The van der Waals surface area contributed by atoms with Gasteiger partial charge in [0.05, 0.1) is 10.6 Å². The van der Waals surface area contributed by atoms with Gasteiger partial charge in [0.15, 0.2) is 0 Å².